The van der Waals surface area contributed by atoms with Gasteiger partial charge in [-0.2, -0.15) is 5.10 Å². The van der Waals surface area contributed by atoms with Crippen LogP contribution >= 0.6 is 0 Å². The Morgan fingerprint density at radius 3 is 2.80 bits per heavy atom. The molecule has 1 saturated heterocycles. The van der Waals surface area contributed by atoms with Crippen molar-refractivity contribution in [2.24, 2.45) is 7.05 Å². The molecule has 1 aliphatic heterocycles. The van der Waals surface area contributed by atoms with Gasteiger partial charge in [-0.25, -0.2) is 0 Å². The minimum atomic E-state index is -0.0960. The van der Waals surface area contributed by atoms with Crippen LogP contribution in [0.2, 0.25) is 0 Å². The standard InChI is InChI=1S/C19H20N4O2/c1-22-12-10-15(20-22)17-9-5-6-11-23(17)19(24)16-13-18(25-21-16)14-7-3-2-4-8-14/h2-4,7-8,10,12-13,17H,5-6,9,11H2,1H3/t17-/m0/s1. The number of aromatic nitrogens is 3. The number of likely N-dealkylation sites (tertiary alicyclic amines) is 1. The van der Waals surface area contributed by atoms with Gasteiger partial charge in [-0.05, 0) is 25.3 Å². The molecule has 128 valence electrons. The summed E-state index contributed by atoms with van der Waals surface area (Å²) in [4.78, 5) is 14.9. The predicted octanol–water partition coefficient (Wildman–Crippen LogP) is 3.44. The molecule has 0 saturated carbocycles. The molecule has 0 spiro atoms. The summed E-state index contributed by atoms with van der Waals surface area (Å²) in [6, 6.07) is 13.4. The molecular formula is C19H20N4O2. The first-order chi connectivity index (χ1) is 12.2. The minimum absolute atomic E-state index is 0.000625. The number of hydrogen-bond acceptors (Lipinski definition) is 4. The summed E-state index contributed by atoms with van der Waals surface area (Å²) in [5, 5.41) is 8.50. The number of amides is 1. The third-order valence-corrected chi connectivity index (χ3v) is 4.63. The van der Waals surface area contributed by atoms with Gasteiger partial charge in [0.15, 0.2) is 11.5 Å². The fourth-order valence-corrected chi connectivity index (χ4v) is 3.35. The number of hydrogen-bond donors (Lipinski definition) is 0. The van der Waals surface area contributed by atoms with Crippen molar-refractivity contribution in [2.75, 3.05) is 6.54 Å². The molecule has 1 amide bonds. The second kappa shape index (κ2) is 6.55. The average Bonchev–Trinajstić information content (AvgIpc) is 3.31. The van der Waals surface area contributed by atoms with E-state index in [9.17, 15) is 4.79 Å². The summed E-state index contributed by atoms with van der Waals surface area (Å²) >= 11 is 0. The Labute approximate surface area is 146 Å². The van der Waals surface area contributed by atoms with Gasteiger partial charge >= 0.3 is 0 Å². The molecule has 0 unspecified atom stereocenters. The van der Waals surface area contributed by atoms with Crippen LogP contribution in [0.5, 0.6) is 0 Å². The van der Waals surface area contributed by atoms with Crippen molar-refractivity contribution in [1.82, 2.24) is 19.8 Å². The van der Waals surface area contributed by atoms with Crippen LogP contribution in [0.1, 0.15) is 41.5 Å². The predicted molar refractivity (Wildman–Crippen MR) is 92.8 cm³/mol. The third-order valence-electron chi connectivity index (χ3n) is 4.63. The molecule has 1 atom stereocenters. The number of aryl methyl sites for hydroxylation is 1. The van der Waals surface area contributed by atoms with Crippen LogP contribution in [0, 0.1) is 0 Å². The average molecular weight is 336 g/mol. The highest BCUT2D eigenvalue weighted by atomic mass is 16.5. The molecular weight excluding hydrogens is 316 g/mol. The molecule has 4 rings (SSSR count). The van der Waals surface area contributed by atoms with E-state index in [1.807, 2.05) is 54.5 Å². The SMILES string of the molecule is Cn1ccc([C@@H]2CCCCN2C(=O)c2cc(-c3ccccc3)on2)n1. The number of benzene rings is 1. The smallest absolute Gasteiger partial charge is 0.276 e. The molecule has 0 radical (unpaired) electrons. The van der Waals surface area contributed by atoms with Gasteiger partial charge in [-0.1, -0.05) is 35.5 Å². The first kappa shape index (κ1) is 15.6. The van der Waals surface area contributed by atoms with Crippen molar-refractivity contribution < 1.29 is 9.32 Å². The highest BCUT2D eigenvalue weighted by Gasteiger charge is 2.31. The lowest BCUT2D eigenvalue weighted by Gasteiger charge is -2.34. The fraction of sp³-hybridized carbons (Fsp3) is 0.316. The molecule has 1 aromatic carbocycles. The molecule has 2 aromatic heterocycles. The van der Waals surface area contributed by atoms with Crippen LogP contribution < -0.4 is 0 Å². The molecule has 1 aliphatic rings. The lowest BCUT2D eigenvalue weighted by Crippen LogP contribution is -2.38. The maximum absolute atomic E-state index is 13.0. The Morgan fingerprint density at radius 2 is 2.04 bits per heavy atom. The van der Waals surface area contributed by atoms with Gasteiger partial charge in [0.2, 0.25) is 0 Å². The summed E-state index contributed by atoms with van der Waals surface area (Å²) < 4.78 is 7.16. The summed E-state index contributed by atoms with van der Waals surface area (Å²) in [5.74, 6) is 0.511. The zero-order valence-corrected chi connectivity index (χ0v) is 14.1. The molecule has 0 bridgehead atoms. The van der Waals surface area contributed by atoms with Crippen molar-refractivity contribution >= 4 is 5.91 Å². The van der Waals surface area contributed by atoms with Crippen molar-refractivity contribution in [3.05, 3.63) is 60.0 Å². The fourth-order valence-electron chi connectivity index (χ4n) is 3.35. The first-order valence-corrected chi connectivity index (χ1v) is 8.55. The quantitative estimate of drug-likeness (QED) is 0.735. The van der Waals surface area contributed by atoms with Gasteiger partial charge in [-0.15, -0.1) is 0 Å². The van der Waals surface area contributed by atoms with E-state index in [4.69, 9.17) is 4.52 Å². The van der Waals surface area contributed by atoms with Crippen LogP contribution in [0.25, 0.3) is 11.3 Å². The molecule has 3 aromatic rings. The maximum atomic E-state index is 13.0. The Morgan fingerprint density at radius 1 is 1.20 bits per heavy atom. The summed E-state index contributed by atoms with van der Waals surface area (Å²) in [6.45, 7) is 0.716. The minimum Gasteiger partial charge on any atom is -0.355 e. The highest BCUT2D eigenvalue weighted by molar-refractivity contribution is 5.93. The topological polar surface area (TPSA) is 64.2 Å². The van der Waals surface area contributed by atoms with E-state index < -0.39 is 0 Å². The second-order valence-corrected chi connectivity index (χ2v) is 6.37. The number of piperidine rings is 1. The largest absolute Gasteiger partial charge is 0.355 e. The molecule has 6 nitrogen and oxygen atoms in total. The van der Waals surface area contributed by atoms with E-state index in [0.29, 0.717) is 18.0 Å². The van der Waals surface area contributed by atoms with Gasteiger partial charge in [0.05, 0.1) is 11.7 Å². The normalized spacial score (nSPS) is 17.6. The van der Waals surface area contributed by atoms with Gasteiger partial charge in [0.25, 0.3) is 5.91 Å². The van der Waals surface area contributed by atoms with E-state index in [0.717, 1.165) is 30.5 Å². The van der Waals surface area contributed by atoms with Gasteiger partial charge < -0.3 is 9.42 Å². The zero-order chi connectivity index (χ0) is 17.2. The van der Waals surface area contributed by atoms with Crippen LogP contribution in [0.3, 0.4) is 0 Å². The van der Waals surface area contributed by atoms with E-state index >= 15 is 0 Å². The molecule has 0 aliphatic carbocycles. The number of rotatable bonds is 3. The number of nitrogens with zero attached hydrogens (tertiary/aromatic N) is 4. The third kappa shape index (κ3) is 3.07. The van der Waals surface area contributed by atoms with Crippen molar-refractivity contribution in [1.29, 1.82) is 0 Å². The summed E-state index contributed by atoms with van der Waals surface area (Å²) in [6.07, 6.45) is 4.93. The molecule has 6 heteroatoms. The first-order valence-electron chi connectivity index (χ1n) is 8.55. The molecule has 1 fully saturated rings. The van der Waals surface area contributed by atoms with Crippen LogP contribution in [0.4, 0.5) is 0 Å². The van der Waals surface area contributed by atoms with Crippen LogP contribution in [0.15, 0.2) is 53.2 Å². The Kier molecular flexibility index (Phi) is 4.09. The van der Waals surface area contributed by atoms with E-state index in [1.165, 1.54) is 0 Å². The van der Waals surface area contributed by atoms with Gasteiger partial charge in [0, 0.05) is 31.4 Å². The van der Waals surface area contributed by atoms with Crippen LogP contribution in [-0.4, -0.2) is 32.3 Å². The Bertz CT molecular complexity index is 868. The Hall–Kier alpha value is -2.89. The Balaban J connectivity index is 1.60. The molecule has 0 N–H and O–H groups in total. The number of carbonyl (C=O) groups excluding carboxylic acids is 1. The number of carbonyl (C=O) groups is 1. The summed E-state index contributed by atoms with van der Waals surface area (Å²) in [5.41, 5.74) is 2.19. The van der Waals surface area contributed by atoms with E-state index in [2.05, 4.69) is 10.3 Å². The lowest BCUT2D eigenvalue weighted by molar-refractivity contribution is 0.0595. The van der Waals surface area contributed by atoms with Gasteiger partial charge in [0.1, 0.15) is 0 Å². The van der Waals surface area contributed by atoms with E-state index in [-0.39, 0.29) is 11.9 Å². The monoisotopic (exact) mass is 336 g/mol. The van der Waals surface area contributed by atoms with Crippen molar-refractivity contribution in [3.8, 4) is 11.3 Å². The van der Waals surface area contributed by atoms with E-state index in [1.54, 1.807) is 10.7 Å². The lowest BCUT2D eigenvalue weighted by atomic mass is 9.99. The van der Waals surface area contributed by atoms with Crippen LogP contribution in [-0.2, 0) is 7.05 Å². The molecule has 25 heavy (non-hydrogen) atoms. The van der Waals surface area contributed by atoms with Gasteiger partial charge in [-0.3, -0.25) is 9.48 Å². The molecule has 3 heterocycles. The van der Waals surface area contributed by atoms with Crippen molar-refractivity contribution in [2.45, 2.75) is 25.3 Å². The van der Waals surface area contributed by atoms with Crippen molar-refractivity contribution in [3.63, 3.8) is 0 Å². The second-order valence-electron chi connectivity index (χ2n) is 6.37. The maximum Gasteiger partial charge on any atom is 0.276 e. The zero-order valence-electron chi connectivity index (χ0n) is 14.1. The summed E-state index contributed by atoms with van der Waals surface area (Å²) in [7, 11) is 1.89. The highest BCUT2D eigenvalue weighted by Crippen LogP contribution is 2.31.